The van der Waals surface area contributed by atoms with Crippen molar-refractivity contribution in [3.8, 4) is 0 Å². The van der Waals surface area contributed by atoms with Gasteiger partial charge in [0.2, 0.25) is 11.8 Å². The Balaban J connectivity index is 1.41. The second kappa shape index (κ2) is 13.0. The Labute approximate surface area is 272 Å². The van der Waals surface area contributed by atoms with Crippen molar-refractivity contribution >= 4 is 29.1 Å². The SMILES string of the molecule is CC[C@H](C)[C@H](CO)N1C(=O)[C@@H]2[C@@H]3C(=O)N(Cc4ccccc4)CC=C[C@@H]3O[C@@]23C=CCN(c2ccc(N(CC)CC)cc2)C(=O)C13. The molecule has 4 aliphatic rings. The smallest absolute Gasteiger partial charge is 0.253 e. The summed E-state index contributed by atoms with van der Waals surface area (Å²) in [6.45, 7) is 10.8. The van der Waals surface area contributed by atoms with Crippen molar-refractivity contribution < 1.29 is 24.2 Å². The Morgan fingerprint density at radius 1 is 0.935 bits per heavy atom. The van der Waals surface area contributed by atoms with E-state index in [0.29, 0.717) is 26.1 Å². The molecule has 1 N–H and O–H groups in total. The Hall–Kier alpha value is -3.95. The van der Waals surface area contributed by atoms with Gasteiger partial charge in [0.15, 0.2) is 0 Å². The number of rotatable bonds is 10. The molecule has 4 heterocycles. The molecule has 0 saturated carbocycles. The minimum Gasteiger partial charge on any atom is -0.394 e. The van der Waals surface area contributed by atoms with Crippen molar-refractivity contribution in [1.82, 2.24) is 9.80 Å². The number of aliphatic hydroxyl groups excluding tert-OH is 1. The van der Waals surface area contributed by atoms with Crippen LogP contribution in [0.15, 0.2) is 78.9 Å². The van der Waals surface area contributed by atoms with Gasteiger partial charge >= 0.3 is 0 Å². The Bertz CT molecular complexity index is 1490. The highest BCUT2D eigenvalue weighted by Crippen LogP contribution is 2.54. The fraction of sp³-hybridized carbons (Fsp3) is 0.486. The van der Waals surface area contributed by atoms with Gasteiger partial charge in [-0.3, -0.25) is 14.4 Å². The van der Waals surface area contributed by atoms with E-state index in [2.05, 4.69) is 18.7 Å². The summed E-state index contributed by atoms with van der Waals surface area (Å²) in [7, 11) is 0. The van der Waals surface area contributed by atoms with Gasteiger partial charge in [-0.15, -0.1) is 0 Å². The number of ether oxygens (including phenoxy) is 1. The lowest BCUT2D eigenvalue weighted by molar-refractivity contribution is -0.148. The van der Waals surface area contributed by atoms with Crippen LogP contribution in [0.5, 0.6) is 0 Å². The zero-order chi connectivity index (χ0) is 32.6. The van der Waals surface area contributed by atoms with Crippen LogP contribution in [0.1, 0.15) is 39.7 Å². The number of amides is 3. The lowest BCUT2D eigenvalue weighted by atomic mass is 9.77. The fourth-order valence-electron chi connectivity index (χ4n) is 7.91. The number of hydrogen-bond acceptors (Lipinski definition) is 6. The number of likely N-dealkylation sites (tertiary alicyclic amines) is 1. The van der Waals surface area contributed by atoms with E-state index in [4.69, 9.17) is 4.74 Å². The van der Waals surface area contributed by atoms with Crippen molar-refractivity contribution in [3.63, 3.8) is 0 Å². The van der Waals surface area contributed by atoms with Gasteiger partial charge in [0.05, 0.1) is 30.6 Å². The summed E-state index contributed by atoms with van der Waals surface area (Å²) in [6.07, 6.45) is 7.64. The van der Waals surface area contributed by atoms with Crippen LogP contribution >= 0.6 is 0 Å². The molecule has 46 heavy (non-hydrogen) atoms. The molecule has 244 valence electrons. The van der Waals surface area contributed by atoms with Crippen molar-refractivity contribution in [2.45, 2.75) is 64.4 Å². The molecule has 2 aromatic rings. The third-order valence-electron chi connectivity index (χ3n) is 10.5. The second-order valence-corrected chi connectivity index (χ2v) is 12.9. The molecule has 9 heteroatoms. The predicted molar refractivity (Wildman–Crippen MR) is 178 cm³/mol. The lowest BCUT2D eigenvalue weighted by Gasteiger charge is -2.40. The maximum atomic E-state index is 14.9. The summed E-state index contributed by atoms with van der Waals surface area (Å²) in [5, 5.41) is 10.7. The van der Waals surface area contributed by atoms with E-state index in [1.165, 1.54) is 0 Å². The number of nitrogens with zero attached hydrogens (tertiary/aromatic N) is 4. The highest BCUT2D eigenvalue weighted by atomic mass is 16.5. The molecule has 0 aliphatic carbocycles. The number of benzene rings is 2. The zero-order valence-corrected chi connectivity index (χ0v) is 27.3. The van der Waals surface area contributed by atoms with Gasteiger partial charge < -0.3 is 29.4 Å². The number of fused-ring (bicyclic) bond motifs is 2. The molecule has 3 amide bonds. The number of carbonyl (C=O) groups excluding carboxylic acids is 3. The molecule has 1 spiro atoms. The van der Waals surface area contributed by atoms with Gasteiger partial charge in [0, 0.05) is 44.1 Å². The quantitative estimate of drug-likeness (QED) is 0.401. The number of carbonyl (C=O) groups is 3. The van der Waals surface area contributed by atoms with E-state index in [9.17, 15) is 19.5 Å². The molecular formula is C37H46N4O5. The summed E-state index contributed by atoms with van der Waals surface area (Å²) in [6, 6.07) is 16.1. The van der Waals surface area contributed by atoms with Crippen LogP contribution < -0.4 is 9.80 Å². The Morgan fingerprint density at radius 2 is 1.65 bits per heavy atom. The molecule has 2 saturated heterocycles. The minimum atomic E-state index is -1.35. The van der Waals surface area contributed by atoms with E-state index in [1.54, 1.807) is 14.7 Å². The summed E-state index contributed by atoms with van der Waals surface area (Å²) in [4.78, 5) is 51.3. The number of aliphatic hydroxyl groups is 1. The third-order valence-corrected chi connectivity index (χ3v) is 10.5. The van der Waals surface area contributed by atoms with Gasteiger partial charge in [-0.05, 0) is 49.6 Å². The van der Waals surface area contributed by atoms with Crippen molar-refractivity contribution in [3.05, 3.63) is 84.5 Å². The van der Waals surface area contributed by atoms with Crippen LogP contribution in [0.4, 0.5) is 11.4 Å². The summed E-state index contributed by atoms with van der Waals surface area (Å²) < 4.78 is 6.83. The molecule has 6 rings (SSSR count). The lowest BCUT2D eigenvalue weighted by Crippen LogP contribution is -2.59. The van der Waals surface area contributed by atoms with Crippen molar-refractivity contribution in [1.29, 1.82) is 0 Å². The monoisotopic (exact) mass is 626 g/mol. The summed E-state index contributed by atoms with van der Waals surface area (Å²) >= 11 is 0. The second-order valence-electron chi connectivity index (χ2n) is 12.9. The molecule has 1 unspecified atom stereocenters. The van der Waals surface area contributed by atoms with Crippen LogP contribution in [0.3, 0.4) is 0 Å². The Morgan fingerprint density at radius 3 is 2.30 bits per heavy atom. The van der Waals surface area contributed by atoms with E-state index in [1.807, 2.05) is 92.7 Å². The summed E-state index contributed by atoms with van der Waals surface area (Å²) in [5.41, 5.74) is 1.44. The van der Waals surface area contributed by atoms with Crippen LogP contribution in [0, 0.1) is 17.8 Å². The molecule has 0 aromatic heterocycles. The highest BCUT2D eigenvalue weighted by Gasteiger charge is 2.72. The maximum absolute atomic E-state index is 14.9. The van der Waals surface area contributed by atoms with Crippen LogP contribution in [-0.2, 0) is 25.7 Å². The van der Waals surface area contributed by atoms with E-state index >= 15 is 0 Å². The van der Waals surface area contributed by atoms with E-state index in [-0.39, 0.29) is 30.2 Å². The van der Waals surface area contributed by atoms with Crippen LogP contribution in [0.25, 0.3) is 0 Å². The molecule has 2 aromatic carbocycles. The van der Waals surface area contributed by atoms with E-state index < -0.39 is 35.6 Å². The maximum Gasteiger partial charge on any atom is 0.253 e. The van der Waals surface area contributed by atoms with Crippen molar-refractivity contribution in [2.24, 2.45) is 17.8 Å². The molecule has 0 bridgehead atoms. The first-order chi connectivity index (χ1) is 22.3. The Kier molecular flexibility index (Phi) is 9.08. The molecule has 7 atom stereocenters. The average Bonchev–Trinajstić information content (AvgIpc) is 3.40. The topological polar surface area (TPSA) is 93.6 Å². The zero-order valence-electron chi connectivity index (χ0n) is 27.3. The van der Waals surface area contributed by atoms with Gasteiger partial charge in [-0.1, -0.05) is 74.9 Å². The molecule has 2 fully saturated rings. The number of hydrogen-bond donors (Lipinski definition) is 1. The van der Waals surface area contributed by atoms with Gasteiger partial charge in [0.25, 0.3) is 5.91 Å². The van der Waals surface area contributed by atoms with E-state index in [0.717, 1.165) is 30.0 Å². The number of anilines is 2. The molecular weight excluding hydrogens is 580 g/mol. The van der Waals surface area contributed by atoms with Crippen LogP contribution in [-0.4, -0.2) is 89.2 Å². The van der Waals surface area contributed by atoms with Crippen molar-refractivity contribution in [2.75, 3.05) is 42.6 Å². The average molecular weight is 627 g/mol. The van der Waals surface area contributed by atoms with Crippen LogP contribution in [0.2, 0.25) is 0 Å². The first kappa shape index (κ1) is 32.0. The minimum absolute atomic E-state index is 0.0817. The largest absolute Gasteiger partial charge is 0.394 e. The molecule has 4 aliphatic heterocycles. The summed E-state index contributed by atoms with van der Waals surface area (Å²) in [5.74, 6) is -2.52. The molecule has 9 nitrogen and oxygen atoms in total. The third kappa shape index (κ3) is 5.23. The predicted octanol–water partition coefficient (Wildman–Crippen LogP) is 4.02. The normalized spacial score (nSPS) is 28.5. The first-order valence-electron chi connectivity index (χ1n) is 16.7. The highest BCUT2D eigenvalue weighted by molar-refractivity contribution is 6.06. The first-order valence-corrected chi connectivity index (χ1v) is 16.7. The van der Waals surface area contributed by atoms with Gasteiger partial charge in [0.1, 0.15) is 11.6 Å². The van der Waals surface area contributed by atoms with Gasteiger partial charge in [-0.2, -0.15) is 0 Å². The van der Waals surface area contributed by atoms with Gasteiger partial charge in [-0.25, -0.2) is 0 Å². The fourth-order valence-corrected chi connectivity index (χ4v) is 7.91. The standard InChI is InChI=1S/C37H46N4O5/c1-5-25(4)29(24-42)41-33-36(45)40(28-18-16-27(17-19-28)38(6-2)7-3)22-12-20-37(33)32(35(41)44)31-30(46-37)15-11-21-39(34(31)43)23-26-13-9-8-10-14-26/h8-20,25,29-33,42H,5-7,21-24H2,1-4H3/t25-,29-,30-,31+,32-,33?,37-/m0/s1. The molecule has 0 radical (unpaired) electrons.